The van der Waals surface area contributed by atoms with Crippen molar-refractivity contribution in [2.45, 2.75) is 0 Å². The largest absolute Gasteiger partial charge is 0.486 e. The third-order valence-electron chi connectivity index (χ3n) is 2.89. The number of aromatic nitrogens is 2. The number of ether oxygens (including phenoxy) is 2. The Hall–Kier alpha value is -2.81. The van der Waals surface area contributed by atoms with Gasteiger partial charge in [-0.2, -0.15) is 0 Å². The maximum Gasteiger partial charge on any atom is 0.362 e. The fourth-order valence-electron chi connectivity index (χ4n) is 1.90. The van der Waals surface area contributed by atoms with Crippen molar-refractivity contribution in [3.63, 3.8) is 0 Å². The van der Waals surface area contributed by atoms with Gasteiger partial charge in [0, 0.05) is 11.8 Å². The summed E-state index contributed by atoms with van der Waals surface area (Å²) in [5.74, 6) is -0.124. The van der Waals surface area contributed by atoms with Gasteiger partial charge in [-0.3, -0.25) is 4.79 Å². The van der Waals surface area contributed by atoms with Crippen molar-refractivity contribution in [2.24, 2.45) is 0 Å². The lowest BCUT2D eigenvalue weighted by Crippen LogP contribution is -2.16. The average Bonchev–Trinajstić information content (AvgIpc) is 2.89. The lowest BCUT2D eigenvalue weighted by atomic mass is 10.2. The molecule has 0 saturated carbocycles. The molecule has 1 aromatic heterocycles. The maximum atomic E-state index is 12.1. The number of nitro groups is 1. The van der Waals surface area contributed by atoms with Crippen LogP contribution in [0.15, 0.2) is 18.2 Å². The number of nitrogens with zero attached hydrogens (tertiary/aromatic N) is 2. The van der Waals surface area contributed by atoms with E-state index in [0.717, 1.165) is 0 Å². The number of H-pyrrole nitrogens is 1. The molecule has 2 aromatic rings. The molecule has 1 aliphatic heterocycles. The summed E-state index contributed by atoms with van der Waals surface area (Å²) in [6, 6.07) is 4.85. The van der Waals surface area contributed by atoms with E-state index in [-0.39, 0.29) is 10.7 Å². The minimum atomic E-state index is -0.754. The lowest BCUT2D eigenvalue weighted by molar-refractivity contribution is -0.389. The highest BCUT2D eigenvalue weighted by Crippen LogP contribution is 2.33. The van der Waals surface area contributed by atoms with Gasteiger partial charge in [-0.25, -0.2) is 0 Å². The summed E-state index contributed by atoms with van der Waals surface area (Å²) in [7, 11) is 0. The van der Waals surface area contributed by atoms with Gasteiger partial charge in [0.15, 0.2) is 22.2 Å². The van der Waals surface area contributed by atoms with E-state index in [1.54, 1.807) is 18.2 Å². The van der Waals surface area contributed by atoms with Crippen LogP contribution in [0, 0.1) is 10.1 Å². The predicted molar refractivity (Wildman–Crippen MR) is 75.6 cm³/mol. The van der Waals surface area contributed by atoms with E-state index in [9.17, 15) is 14.9 Å². The number of halogens is 1. The van der Waals surface area contributed by atoms with Gasteiger partial charge in [-0.15, -0.1) is 5.10 Å². The first-order valence-electron chi connectivity index (χ1n) is 6.15. The molecular weight excluding hydrogens is 316 g/mol. The van der Waals surface area contributed by atoms with Gasteiger partial charge in [0.2, 0.25) is 0 Å². The second kappa shape index (κ2) is 5.53. The average molecular weight is 325 g/mol. The quantitative estimate of drug-likeness (QED) is 0.658. The molecule has 114 valence electrons. The Bertz CT molecular complexity index is 760. The number of carbonyl (C=O) groups is 1. The molecule has 0 saturated heterocycles. The Labute approximate surface area is 128 Å². The van der Waals surface area contributed by atoms with Crippen LogP contribution < -0.4 is 14.8 Å². The first kappa shape index (κ1) is 14.1. The Kier molecular flexibility index (Phi) is 3.55. The number of benzene rings is 1. The molecule has 3 rings (SSSR count). The second-order valence-corrected chi connectivity index (χ2v) is 4.68. The zero-order valence-electron chi connectivity index (χ0n) is 11.0. The molecule has 1 aliphatic rings. The molecule has 1 amide bonds. The zero-order chi connectivity index (χ0) is 15.7. The Morgan fingerprint density at radius 3 is 2.77 bits per heavy atom. The molecule has 2 heterocycles. The summed E-state index contributed by atoms with van der Waals surface area (Å²) in [6.45, 7) is 0.882. The molecule has 0 fully saturated rings. The molecule has 2 N–H and O–H groups in total. The van der Waals surface area contributed by atoms with Gasteiger partial charge in [-0.05, 0) is 17.1 Å². The standard InChI is InChI=1S/C12H9ClN4O5/c13-9-10(15-16-11(9)17(19)20)12(18)14-6-1-2-7-8(5-6)22-4-3-21-7/h1-2,5H,3-4H2,(H,14,18)(H,15,16). The van der Waals surface area contributed by atoms with Crippen LogP contribution in [-0.2, 0) is 0 Å². The predicted octanol–water partition coefficient (Wildman–Crippen LogP) is 1.99. The van der Waals surface area contributed by atoms with Crippen LogP contribution in [0.1, 0.15) is 10.5 Å². The summed E-state index contributed by atoms with van der Waals surface area (Å²) in [5.41, 5.74) is 0.166. The van der Waals surface area contributed by atoms with Crippen molar-refractivity contribution in [3.05, 3.63) is 39.0 Å². The van der Waals surface area contributed by atoms with Crippen molar-refractivity contribution in [1.82, 2.24) is 10.2 Å². The summed E-state index contributed by atoms with van der Waals surface area (Å²) in [5, 5.41) is 18.5. The molecule has 0 aliphatic carbocycles. The van der Waals surface area contributed by atoms with Crippen molar-refractivity contribution in [1.29, 1.82) is 0 Å². The highest BCUT2D eigenvalue weighted by Gasteiger charge is 2.25. The van der Waals surface area contributed by atoms with Crippen LogP contribution in [0.2, 0.25) is 5.02 Å². The minimum Gasteiger partial charge on any atom is -0.486 e. The van der Waals surface area contributed by atoms with Gasteiger partial charge < -0.3 is 24.9 Å². The smallest absolute Gasteiger partial charge is 0.362 e. The van der Waals surface area contributed by atoms with Crippen LogP contribution in [-0.4, -0.2) is 34.2 Å². The van der Waals surface area contributed by atoms with Gasteiger partial charge in [0.25, 0.3) is 5.91 Å². The number of carbonyl (C=O) groups excluding carboxylic acids is 1. The van der Waals surface area contributed by atoms with Crippen LogP contribution in [0.4, 0.5) is 11.5 Å². The van der Waals surface area contributed by atoms with Crippen molar-refractivity contribution in [2.75, 3.05) is 18.5 Å². The van der Waals surface area contributed by atoms with E-state index in [1.807, 2.05) is 0 Å². The molecule has 0 spiro atoms. The van der Waals surface area contributed by atoms with Crippen LogP contribution >= 0.6 is 11.6 Å². The number of aromatic amines is 1. The number of nitrogens with one attached hydrogen (secondary N) is 2. The number of amides is 1. The van der Waals surface area contributed by atoms with E-state index in [0.29, 0.717) is 30.4 Å². The summed E-state index contributed by atoms with van der Waals surface area (Å²) >= 11 is 5.75. The van der Waals surface area contributed by atoms with Crippen LogP contribution in [0.25, 0.3) is 0 Å². The highest BCUT2D eigenvalue weighted by atomic mass is 35.5. The number of hydrogen-bond donors (Lipinski definition) is 2. The van der Waals surface area contributed by atoms with Crippen molar-refractivity contribution >= 4 is 29.0 Å². The van der Waals surface area contributed by atoms with E-state index in [2.05, 4.69) is 15.5 Å². The molecule has 10 heteroatoms. The van der Waals surface area contributed by atoms with Crippen molar-refractivity contribution in [3.8, 4) is 11.5 Å². The second-order valence-electron chi connectivity index (χ2n) is 4.30. The molecule has 0 atom stereocenters. The van der Waals surface area contributed by atoms with E-state index >= 15 is 0 Å². The molecule has 22 heavy (non-hydrogen) atoms. The molecule has 9 nitrogen and oxygen atoms in total. The molecule has 0 radical (unpaired) electrons. The third kappa shape index (κ3) is 2.53. The summed E-state index contributed by atoms with van der Waals surface area (Å²) in [6.07, 6.45) is 0. The fraction of sp³-hybridized carbons (Fsp3) is 0.167. The molecule has 1 aromatic carbocycles. The SMILES string of the molecule is O=C(Nc1ccc2c(c1)OCCO2)c1n[nH]c([N+](=O)[O-])c1Cl. The molecule has 0 bridgehead atoms. The molecule has 0 unspecified atom stereocenters. The Morgan fingerprint density at radius 2 is 2.09 bits per heavy atom. The van der Waals surface area contributed by atoms with E-state index in [4.69, 9.17) is 21.1 Å². The van der Waals surface area contributed by atoms with E-state index in [1.165, 1.54) is 0 Å². The minimum absolute atomic E-state index is 0.261. The summed E-state index contributed by atoms with van der Waals surface area (Å²) in [4.78, 5) is 22.0. The van der Waals surface area contributed by atoms with Gasteiger partial charge in [-0.1, -0.05) is 16.7 Å². The first-order valence-corrected chi connectivity index (χ1v) is 6.53. The van der Waals surface area contributed by atoms with Crippen LogP contribution in [0.5, 0.6) is 11.5 Å². The normalized spacial score (nSPS) is 12.8. The van der Waals surface area contributed by atoms with Gasteiger partial charge in [0.05, 0.1) is 0 Å². The Balaban J connectivity index is 1.81. The van der Waals surface area contributed by atoms with Gasteiger partial charge >= 0.3 is 5.82 Å². The lowest BCUT2D eigenvalue weighted by Gasteiger charge is -2.18. The topological polar surface area (TPSA) is 119 Å². The monoisotopic (exact) mass is 324 g/mol. The van der Waals surface area contributed by atoms with E-state index < -0.39 is 16.6 Å². The number of fused-ring (bicyclic) bond motifs is 1. The summed E-state index contributed by atoms with van der Waals surface area (Å²) < 4.78 is 10.8. The number of hydrogen-bond acceptors (Lipinski definition) is 6. The van der Waals surface area contributed by atoms with Crippen molar-refractivity contribution < 1.29 is 19.2 Å². The highest BCUT2D eigenvalue weighted by molar-refractivity contribution is 6.35. The van der Waals surface area contributed by atoms with Crippen LogP contribution in [0.3, 0.4) is 0 Å². The number of rotatable bonds is 3. The zero-order valence-corrected chi connectivity index (χ0v) is 11.7. The third-order valence-corrected chi connectivity index (χ3v) is 3.25. The fourth-order valence-corrected chi connectivity index (χ4v) is 2.14. The number of anilines is 1. The first-order chi connectivity index (χ1) is 10.6. The molecular formula is C12H9ClN4O5. The maximum absolute atomic E-state index is 12.1. The van der Waals surface area contributed by atoms with Gasteiger partial charge in [0.1, 0.15) is 13.2 Å². The Morgan fingerprint density at radius 1 is 1.36 bits per heavy atom.